The predicted octanol–water partition coefficient (Wildman–Crippen LogP) is -0.320. The number of ether oxygens (including phenoxy) is 1. The number of rotatable bonds is 8. The Labute approximate surface area is 78.7 Å². The highest BCUT2D eigenvalue weighted by Crippen LogP contribution is 1.73. The molecule has 5 heteroatoms. The zero-order chi connectivity index (χ0) is 9.94. The Hall–Kier alpha value is -0.650. The van der Waals surface area contributed by atoms with Crippen LogP contribution in [0, 0.1) is 0 Å². The van der Waals surface area contributed by atoms with Crippen molar-refractivity contribution in [3.8, 4) is 0 Å². The largest absolute Gasteiger partial charge is 0.382 e. The van der Waals surface area contributed by atoms with Crippen LogP contribution in [-0.2, 0) is 14.4 Å². The van der Waals surface area contributed by atoms with Crippen molar-refractivity contribution in [2.75, 3.05) is 33.4 Å². The third-order valence-corrected chi connectivity index (χ3v) is 1.29. The molecule has 0 aromatic rings. The van der Waals surface area contributed by atoms with Gasteiger partial charge in [0.15, 0.2) is 0 Å². The molecule has 0 aliphatic carbocycles. The molecular weight excluding hydrogens is 172 g/mol. The summed E-state index contributed by atoms with van der Waals surface area (Å²) in [6, 6.07) is 0. The molecule has 0 heterocycles. The van der Waals surface area contributed by atoms with Gasteiger partial charge in [-0.25, -0.2) is 5.48 Å². The molecule has 1 amide bonds. The fourth-order valence-electron chi connectivity index (χ4n) is 0.671. The van der Waals surface area contributed by atoms with E-state index in [0.717, 1.165) is 13.0 Å². The molecule has 0 aliphatic heterocycles. The molecule has 78 valence electrons. The van der Waals surface area contributed by atoms with Gasteiger partial charge in [0, 0.05) is 7.11 Å². The van der Waals surface area contributed by atoms with Crippen molar-refractivity contribution in [2.45, 2.75) is 13.3 Å². The van der Waals surface area contributed by atoms with Crippen molar-refractivity contribution >= 4 is 5.91 Å². The first-order valence-electron chi connectivity index (χ1n) is 4.41. The summed E-state index contributed by atoms with van der Waals surface area (Å²) in [5, 5.41) is 2.95. The Bertz CT molecular complexity index is 131. The Morgan fingerprint density at radius 2 is 2.15 bits per heavy atom. The maximum absolute atomic E-state index is 10.9. The van der Waals surface area contributed by atoms with E-state index in [4.69, 9.17) is 9.57 Å². The minimum absolute atomic E-state index is 0.162. The Morgan fingerprint density at radius 3 is 2.77 bits per heavy atom. The third-order valence-electron chi connectivity index (χ3n) is 1.29. The van der Waals surface area contributed by atoms with Crippen molar-refractivity contribution in [3.63, 3.8) is 0 Å². The molecule has 0 bridgehead atoms. The lowest BCUT2D eigenvalue weighted by Crippen LogP contribution is -2.34. The number of hydrogen-bond acceptors (Lipinski definition) is 4. The Morgan fingerprint density at radius 1 is 1.38 bits per heavy atom. The van der Waals surface area contributed by atoms with Gasteiger partial charge in [-0.2, -0.15) is 0 Å². The van der Waals surface area contributed by atoms with Gasteiger partial charge in [0.25, 0.3) is 5.91 Å². The highest BCUT2D eigenvalue weighted by Gasteiger charge is 1.98. The molecular formula is C8H18N2O3. The first-order valence-corrected chi connectivity index (χ1v) is 4.41. The quantitative estimate of drug-likeness (QED) is 0.407. The normalized spacial score (nSPS) is 10.0. The fraction of sp³-hybridized carbons (Fsp3) is 0.875. The first-order chi connectivity index (χ1) is 6.31. The Balaban J connectivity index is 3.11. The van der Waals surface area contributed by atoms with Gasteiger partial charge in [0.05, 0.1) is 19.8 Å². The first kappa shape index (κ1) is 12.3. The summed E-state index contributed by atoms with van der Waals surface area (Å²) in [6.07, 6.45) is 1.01. The second-order valence-corrected chi connectivity index (χ2v) is 2.54. The lowest BCUT2D eigenvalue weighted by atomic mass is 10.5. The molecule has 0 radical (unpaired) electrons. The second-order valence-electron chi connectivity index (χ2n) is 2.54. The van der Waals surface area contributed by atoms with E-state index in [2.05, 4.69) is 10.8 Å². The summed E-state index contributed by atoms with van der Waals surface area (Å²) in [5.74, 6) is -0.162. The van der Waals surface area contributed by atoms with Gasteiger partial charge in [-0.1, -0.05) is 6.92 Å². The molecule has 5 nitrogen and oxygen atoms in total. The molecule has 0 fully saturated rings. The lowest BCUT2D eigenvalue weighted by Gasteiger charge is -2.05. The molecule has 0 aromatic carbocycles. The molecule has 0 aliphatic rings. The van der Waals surface area contributed by atoms with Gasteiger partial charge >= 0.3 is 0 Å². The number of nitrogens with one attached hydrogen (secondary N) is 2. The monoisotopic (exact) mass is 190 g/mol. The fourth-order valence-corrected chi connectivity index (χ4v) is 0.671. The predicted molar refractivity (Wildman–Crippen MR) is 49.1 cm³/mol. The van der Waals surface area contributed by atoms with E-state index < -0.39 is 0 Å². The zero-order valence-electron chi connectivity index (χ0n) is 8.26. The van der Waals surface area contributed by atoms with E-state index in [0.29, 0.717) is 19.8 Å². The van der Waals surface area contributed by atoms with Crippen LogP contribution < -0.4 is 10.8 Å². The van der Waals surface area contributed by atoms with Crippen LogP contribution in [0.4, 0.5) is 0 Å². The van der Waals surface area contributed by atoms with E-state index in [1.165, 1.54) is 0 Å². The van der Waals surface area contributed by atoms with Crippen LogP contribution in [0.2, 0.25) is 0 Å². The number of carbonyl (C=O) groups is 1. The van der Waals surface area contributed by atoms with Crippen molar-refractivity contribution in [1.82, 2.24) is 10.8 Å². The standard InChI is InChI=1S/C8H18N2O3/c1-3-4-9-7-8(11)10-13-6-5-12-2/h9H,3-7H2,1-2H3,(H,10,11). The summed E-state index contributed by atoms with van der Waals surface area (Å²) in [6.45, 7) is 4.02. The maximum atomic E-state index is 10.9. The zero-order valence-corrected chi connectivity index (χ0v) is 8.26. The SMILES string of the molecule is CCCNCC(=O)NOCCOC. The minimum atomic E-state index is -0.162. The second kappa shape index (κ2) is 9.44. The topological polar surface area (TPSA) is 59.6 Å². The summed E-state index contributed by atoms with van der Waals surface area (Å²) in [4.78, 5) is 15.7. The third kappa shape index (κ3) is 9.26. The van der Waals surface area contributed by atoms with Gasteiger partial charge in [-0.05, 0) is 13.0 Å². The van der Waals surface area contributed by atoms with Crippen LogP contribution in [-0.4, -0.2) is 39.3 Å². The average molecular weight is 190 g/mol. The molecule has 0 atom stereocenters. The highest BCUT2D eigenvalue weighted by atomic mass is 16.7. The molecule has 0 saturated carbocycles. The van der Waals surface area contributed by atoms with Crippen molar-refractivity contribution in [2.24, 2.45) is 0 Å². The van der Waals surface area contributed by atoms with Gasteiger partial charge in [0.1, 0.15) is 0 Å². The van der Waals surface area contributed by atoms with Crippen LogP contribution >= 0.6 is 0 Å². The molecule has 0 rings (SSSR count). The minimum Gasteiger partial charge on any atom is -0.382 e. The van der Waals surface area contributed by atoms with E-state index >= 15 is 0 Å². The van der Waals surface area contributed by atoms with Crippen LogP contribution in [0.5, 0.6) is 0 Å². The van der Waals surface area contributed by atoms with Gasteiger partial charge in [-0.3, -0.25) is 9.63 Å². The number of carbonyl (C=O) groups excluding carboxylic acids is 1. The van der Waals surface area contributed by atoms with Crippen molar-refractivity contribution in [1.29, 1.82) is 0 Å². The molecule has 0 aromatic heterocycles. The van der Waals surface area contributed by atoms with Crippen LogP contribution in [0.15, 0.2) is 0 Å². The van der Waals surface area contributed by atoms with E-state index in [1.54, 1.807) is 7.11 Å². The lowest BCUT2D eigenvalue weighted by molar-refractivity contribution is -0.133. The smallest absolute Gasteiger partial charge is 0.257 e. The molecule has 0 spiro atoms. The Kier molecular flexibility index (Phi) is 8.97. The highest BCUT2D eigenvalue weighted by molar-refractivity contribution is 5.76. The van der Waals surface area contributed by atoms with E-state index in [1.807, 2.05) is 6.92 Å². The van der Waals surface area contributed by atoms with Crippen LogP contribution in [0.25, 0.3) is 0 Å². The number of hydrogen-bond donors (Lipinski definition) is 2. The van der Waals surface area contributed by atoms with Crippen molar-refractivity contribution < 1.29 is 14.4 Å². The summed E-state index contributed by atoms with van der Waals surface area (Å²) < 4.78 is 4.73. The van der Waals surface area contributed by atoms with Gasteiger partial charge < -0.3 is 10.1 Å². The number of amides is 1. The molecule has 13 heavy (non-hydrogen) atoms. The molecule has 0 saturated heterocycles. The molecule has 2 N–H and O–H groups in total. The number of hydroxylamine groups is 1. The summed E-state index contributed by atoms with van der Waals surface area (Å²) in [5.41, 5.74) is 2.29. The van der Waals surface area contributed by atoms with Gasteiger partial charge in [0.2, 0.25) is 0 Å². The van der Waals surface area contributed by atoms with Crippen molar-refractivity contribution in [3.05, 3.63) is 0 Å². The van der Waals surface area contributed by atoms with E-state index in [9.17, 15) is 4.79 Å². The van der Waals surface area contributed by atoms with Crippen LogP contribution in [0.1, 0.15) is 13.3 Å². The summed E-state index contributed by atoms with van der Waals surface area (Å²) in [7, 11) is 1.58. The van der Waals surface area contributed by atoms with Crippen LogP contribution in [0.3, 0.4) is 0 Å². The summed E-state index contributed by atoms with van der Waals surface area (Å²) >= 11 is 0. The molecule has 0 unspecified atom stereocenters. The van der Waals surface area contributed by atoms with Gasteiger partial charge in [-0.15, -0.1) is 0 Å². The number of methoxy groups -OCH3 is 1. The average Bonchev–Trinajstić information content (AvgIpc) is 2.13. The maximum Gasteiger partial charge on any atom is 0.257 e. The van der Waals surface area contributed by atoms with E-state index in [-0.39, 0.29) is 5.91 Å².